The number of allylic oxidation sites excluding steroid dienone is 9. The predicted molar refractivity (Wildman–Crippen MR) is 98.8 cm³/mol. The minimum absolute atomic E-state index is 0.0810. The van der Waals surface area contributed by atoms with Crippen LogP contribution in [0.4, 0.5) is 0 Å². The smallest absolute Gasteiger partial charge is 0.303 e. The molecule has 0 aromatic heterocycles. The molecule has 24 heavy (non-hydrogen) atoms. The van der Waals surface area contributed by atoms with Gasteiger partial charge in [0.1, 0.15) is 6.10 Å². The average Bonchev–Trinajstić information content (AvgIpc) is 2.57. The number of hydrogen-bond acceptors (Lipinski definition) is 3. The summed E-state index contributed by atoms with van der Waals surface area (Å²) in [4.78, 5) is 14.7. The molecule has 0 aliphatic carbocycles. The van der Waals surface area contributed by atoms with Crippen LogP contribution in [-0.2, 0) is 9.68 Å². The molecule has 0 aliphatic heterocycles. The number of aliphatic carboxylic acids is 1. The summed E-state index contributed by atoms with van der Waals surface area (Å²) in [7, 11) is 0. The quantitative estimate of drug-likeness (QED) is 0.191. The van der Waals surface area contributed by atoms with Crippen LogP contribution in [0.1, 0.15) is 51.9 Å². The maximum absolute atomic E-state index is 10.4. The largest absolute Gasteiger partial charge is 0.481 e. The fourth-order valence-corrected chi connectivity index (χ4v) is 1.87. The van der Waals surface area contributed by atoms with Crippen molar-refractivity contribution in [1.82, 2.24) is 0 Å². The van der Waals surface area contributed by atoms with Gasteiger partial charge in [0.25, 0.3) is 0 Å². The third-order valence-electron chi connectivity index (χ3n) is 3.14. The number of carboxylic acid groups (broad SMARTS) is 1. The highest BCUT2D eigenvalue weighted by Crippen LogP contribution is 2.06. The van der Waals surface area contributed by atoms with Crippen LogP contribution in [0, 0.1) is 0 Å². The van der Waals surface area contributed by atoms with Crippen molar-refractivity contribution in [2.24, 2.45) is 0 Å². The summed E-state index contributed by atoms with van der Waals surface area (Å²) in [6, 6.07) is 0. The van der Waals surface area contributed by atoms with Crippen LogP contribution in [0.15, 0.2) is 60.8 Å². The topological polar surface area (TPSA) is 66.8 Å². The molecule has 0 aliphatic rings. The lowest BCUT2D eigenvalue weighted by molar-refractivity contribution is -0.267. The SMILES string of the molecule is CC/C=C\C/C=C\C/C=C\C/C=C\C=C\[C@H](CCCC(=O)O)OO. The van der Waals surface area contributed by atoms with Gasteiger partial charge in [-0.15, -0.1) is 0 Å². The lowest BCUT2D eigenvalue weighted by Gasteiger charge is -2.06. The monoisotopic (exact) mass is 334 g/mol. The zero-order valence-electron chi connectivity index (χ0n) is 14.5. The van der Waals surface area contributed by atoms with Gasteiger partial charge in [0.2, 0.25) is 0 Å². The van der Waals surface area contributed by atoms with Crippen LogP contribution in [0.25, 0.3) is 0 Å². The van der Waals surface area contributed by atoms with Crippen molar-refractivity contribution in [1.29, 1.82) is 0 Å². The van der Waals surface area contributed by atoms with E-state index in [9.17, 15) is 4.79 Å². The van der Waals surface area contributed by atoms with Gasteiger partial charge in [-0.2, -0.15) is 0 Å². The molecule has 0 saturated carbocycles. The Labute approximate surface area is 145 Å². The fraction of sp³-hybridized carbons (Fsp3) is 0.450. The maximum Gasteiger partial charge on any atom is 0.303 e. The Morgan fingerprint density at radius 3 is 2.08 bits per heavy atom. The number of carboxylic acids is 1. The highest BCUT2D eigenvalue weighted by atomic mass is 17.1. The Morgan fingerprint density at radius 1 is 0.958 bits per heavy atom. The molecule has 134 valence electrons. The van der Waals surface area contributed by atoms with Crippen LogP contribution in [-0.4, -0.2) is 22.4 Å². The first-order valence-corrected chi connectivity index (χ1v) is 8.51. The second-order valence-corrected chi connectivity index (χ2v) is 5.27. The lowest BCUT2D eigenvalue weighted by Crippen LogP contribution is -2.08. The molecule has 0 spiro atoms. The van der Waals surface area contributed by atoms with Gasteiger partial charge in [0.15, 0.2) is 0 Å². The highest BCUT2D eigenvalue weighted by Gasteiger charge is 2.05. The van der Waals surface area contributed by atoms with E-state index in [1.807, 2.05) is 12.2 Å². The molecule has 4 nitrogen and oxygen atoms in total. The maximum atomic E-state index is 10.4. The predicted octanol–water partition coefficient (Wildman–Crippen LogP) is 5.46. The van der Waals surface area contributed by atoms with E-state index in [-0.39, 0.29) is 6.42 Å². The van der Waals surface area contributed by atoms with E-state index in [0.717, 1.165) is 25.7 Å². The normalized spacial score (nSPS) is 14.1. The van der Waals surface area contributed by atoms with Gasteiger partial charge in [-0.25, -0.2) is 4.89 Å². The number of rotatable bonds is 14. The van der Waals surface area contributed by atoms with Crippen molar-refractivity contribution in [2.75, 3.05) is 0 Å². The molecule has 0 amide bonds. The Hall–Kier alpha value is -1.91. The minimum Gasteiger partial charge on any atom is -0.481 e. The molecular formula is C20H30O4. The second-order valence-electron chi connectivity index (χ2n) is 5.27. The van der Waals surface area contributed by atoms with Crippen LogP contribution in [0.2, 0.25) is 0 Å². The van der Waals surface area contributed by atoms with E-state index in [2.05, 4.69) is 48.3 Å². The minimum atomic E-state index is -0.838. The molecule has 4 heteroatoms. The molecule has 0 fully saturated rings. The van der Waals surface area contributed by atoms with Gasteiger partial charge in [0, 0.05) is 6.42 Å². The van der Waals surface area contributed by atoms with Crippen molar-refractivity contribution in [3.05, 3.63) is 60.8 Å². The lowest BCUT2D eigenvalue weighted by atomic mass is 10.1. The molecule has 1 atom stereocenters. The number of carbonyl (C=O) groups is 1. The van der Waals surface area contributed by atoms with Crippen molar-refractivity contribution in [3.63, 3.8) is 0 Å². The zero-order chi connectivity index (χ0) is 17.9. The number of hydrogen-bond donors (Lipinski definition) is 2. The van der Waals surface area contributed by atoms with Crippen LogP contribution < -0.4 is 0 Å². The summed E-state index contributed by atoms with van der Waals surface area (Å²) in [6.07, 6.45) is 24.7. The van der Waals surface area contributed by atoms with E-state index in [1.165, 1.54) is 0 Å². The highest BCUT2D eigenvalue weighted by molar-refractivity contribution is 5.66. The van der Waals surface area contributed by atoms with E-state index in [1.54, 1.807) is 12.2 Å². The molecule has 0 rings (SSSR count). The van der Waals surface area contributed by atoms with Crippen molar-refractivity contribution in [2.45, 2.75) is 58.0 Å². The van der Waals surface area contributed by atoms with Crippen LogP contribution in [0.5, 0.6) is 0 Å². The Balaban J connectivity index is 3.79. The first-order chi connectivity index (χ1) is 11.7. The van der Waals surface area contributed by atoms with Crippen molar-refractivity contribution >= 4 is 5.97 Å². The molecule has 0 bridgehead atoms. The molecule has 0 heterocycles. The van der Waals surface area contributed by atoms with Crippen molar-refractivity contribution in [3.8, 4) is 0 Å². The van der Waals surface area contributed by atoms with Crippen molar-refractivity contribution < 1.29 is 20.0 Å². The fourth-order valence-electron chi connectivity index (χ4n) is 1.87. The first kappa shape index (κ1) is 22.1. The van der Waals surface area contributed by atoms with E-state index in [0.29, 0.717) is 12.8 Å². The summed E-state index contributed by atoms with van der Waals surface area (Å²) >= 11 is 0. The molecule has 0 aromatic rings. The summed E-state index contributed by atoms with van der Waals surface area (Å²) < 4.78 is 0. The van der Waals surface area contributed by atoms with Crippen LogP contribution in [0.3, 0.4) is 0 Å². The van der Waals surface area contributed by atoms with Gasteiger partial charge < -0.3 is 5.11 Å². The molecule has 0 aromatic carbocycles. The summed E-state index contributed by atoms with van der Waals surface area (Å²) in [5.41, 5.74) is 0. The summed E-state index contributed by atoms with van der Waals surface area (Å²) in [6.45, 7) is 2.13. The summed E-state index contributed by atoms with van der Waals surface area (Å²) in [5, 5.41) is 17.3. The standard InChI is InChI=1S/C20H30O4/c1-2-3-4-5-6-7-8-9-10-11-12-13-14-16-19(24-23)17-15-18-20(21)22/h3-4,6-7,9-10,12-14,16,19,23H,2,5,8,11,15,17-18H2,1H3,(H,21,22)/b4-3-,7-6-,10-9-,13-12-,16-14+/t19-/m1/s1. The second kappa shape index (κ2) is 17.4. The van der Waals surface area contributed by atoms with Crippen LogP contribution >= 0.6 is 0 Å². The Kier molecular flexibility index (Phi) is 16.1. The van der Waals surface area contributed by atoms with Gasteiger partial charge in [0.05, 0.1) is 0 Å². The molecule has 0 unspecified atom stereocenters. The molecule has 0 saturated heterocycles. The third kappa shape index (κ3) is 16.5. The van der Waals surface area contributed by atoms with E-state index >= 15 is 0 Å². The molecule has 2 N–H and O–H groups in total. The van der Waals surface area contributed by atoms with Gasteiger partial charge in [-0.05, 0) is 38.5 Å². The zero-order valence-corrected chi connectivity index (χ0v) is 14.5. The van der Waals surface area contributed by atoms with E-state index in [4.69, 9.17) is 10.4 Å². The van der Waals surface area contributed by atoms with Gasteiger partial charge in [-0.1, -0.05) is 67.7 Å². The Morgan fingerprint density at radius 2 is 1.54 bits per heavy atom. The molecular weight excluding hydrogens is 304 g/mol. The summed E-state index contributed by atoms with van der Waals surface area (Å²) in [5.74, 6) is -0.838. The molecule has 0 radical (unpaired) electrons. The Bertz CT molecular complexity index is 445. The van der Waals surface area contributed by atoms with Gasteiger partial charge >= 0.3 is 5.97 Å². The first-order valence-electron chi connectivity index (χ1n) is 8.51. The third-order valence-corrected chi connectivity index (χ3v) is 3.14. The average molecular weight is 334 g/mol. The van der Waals surface area contributed by atoms with Gasteiger partial charge in [-0.3, -0.25) is 10.1 Å². The van der Waals surface area contributed by atoms with E-state index < -0.39 is 12.1 Å².